The van der Waals surface area contributed by atoms with Gasteiger partial charge in [0.1, 0.15) is 18.3 Å². The maximum Gasteiger partial charge on any atom is 0.397 e. The number of carbonyl (C=O) groups is 1. The van der Waals surface area contributed by atoms with Gasteiger partial charge in [0.15, 0.2) is 0 Å². The van der Waals surface area contributed by atoms with Gasteiger partial charge in [0, 0.05) is 17.4 Å². The molecule has 34 heavy (non-hydrogen) atoms. The highest BCUT2D eigenvalue weighted by Gasteiger charge is 2.46. The van der Waals surface area contributed by atoms with Crippen LogP contribution >= 0.6 is 11.6 Å². The van der Waals surface area contributed by atoms with Crippen LogP contribution in [-0.4, -0.2) is 28.7 Å². The fraction of sp³-hybridized carbons (Fsp3) is 0.320. The molecular formula is C25H24ClF3N2O3. The molecule has 2 unspecified atom stereocenters. The second kappa shape index (κ2) is 10.9. The molecule has 0 N–H and O–H groups in total. The molecular weight excluding hydrogens is 469 g/mol. The number of halogens is 4. The number of ether oxygens (including phenoxy) is 2. The lowest BCUT2D eigenvalue weighted by molar-refractivity contribution is -0.155. The van der Waals surface area contributed by atoms with Gasteiger partial charge in [0.25, 0.3) is 0 Å². The van der Waals surface area contributed by atoms with Crippen LogP contribution in [0.15, 0.2) is 54.9 Å². The first-order valence-corrected chi connectivity index (χ1v) is 11.0. The molecule has 0 spiro atoms. The number of hydrogen-bond donors (Lipinski definition) is 0. The van der Waals surface area contributed by atoms with Crippen LogP contribution in [-0.2, 0) is 11.3 Å². The van der Waals surface area contributed by atoms with Crippen LogP contribution in [0.1, 0.15) is 58.6 Å². The van der Waals surface area contributed by atoms with Gasteiger partial charge in [-0.1, -0.05) is 36.7 Å². The van der Waals surface area contributed by atoms with Gasteiger partial charge in [0.05, 0.1) is 23.6 Å². The molecule has 0 aliphatic carbocycles. The highest BCUT2D eigenvalue weighted by atomic mass is 35.5. The van der Waals surface area contributed by atoms with Crippen LogP contribution in [0.25, 0.3) is 0 Å². The van der Waals surface area contributed by atoms with Crippen LogP contribution in [0.4, 0.5) is 13.2 Å². The Bertz CT molecular complexity index is 1120. The Morgan fingerprint density at radius 3 is 2.35 bits per heavy atom. The van der Waals surface area contributed by atoms with Crippen molar-refractivity contribution in [1.29, 1.82) is 0 Å². The summed E-state index contributed by atoms with van der Waals surface area (Å²) < 4.78 is 52.4. The van der Waals surface area contributed by atoms with Gasteiger partial charge in [-0.25, -0.2) is 4.79 Å². The van der Waals surface area contributed by atoms with E-state index in [1.165, 1.54) is 25.3 Å². The van der Waals surface area contributed by atoms with Crippen molar-refractivity contribution in [2.75, 3.05) is 6.61 Å². The summed E-state index contributed by atoms with van der Waals surface area (Å²) in [6, 6.07) is 11.4. The van der Waals surface area contributed by atoms with Gasteiger partial charge in [-0.3, -0.25) is 9.97 Å². The molecule has 1 heterocycles. The molecule has 1 aromatic heterocycles. The molecule has 0 aliphatic rings. The van der Waals surface area contributed by atoms with Gasteiger partial charge in [-0.15, -0.1) is 0 Å². The summed E-state index contributed by atoms with van der Waals surface area (Å²) in [6.07, 6.45) is -2.06. The average Bonchev–Trinajstić information content (AvgIpc) is 2.78. The highest BCUT2D eigenvalue weighted by Crippen LogP contribution is 2.45. The number of hydrogen-bond acceptors (Lipinski definition) is 5. The van der Waals surface area contributed by atoms with E-state index in [1.807, 2.05) is 0 Å². The van der Waals surface area contributed by atoms with E-state index in [-0.39, 0.29) is 17.3 Å². The van der Waals surface area contributed by atoms with Crippen molar-refractivity contribution < 1.29 is 27.4 Å². The third-order valence-corrected chi connectivity index (χ3v) is 5.63. The number of esters is 1. The largest absolute Gasteiger partial charge is 0.489 e. The summed E-state index contributed by atoms with van der Waals surface area (Å²) >= 11 is 6.36. The summed E-state index contributed by atoms with van der Waals surface area (Å²) in [5, 5.41) is 0.164. The Kier molecular flexibility index (Phi) is 8.15. The average molecular weight is 493 g/mol. The van der Waals surface area contributed by atoms with Crippen LogP contribution in [0.3, 0.4) is 0 Å². The number of nitrogens with zero attached hydrogens (tertiary/aromatic N) is 2. The number of aromatic nitrogens is 2. The fourth-order valence-electron chi connectivity index (χ4n) is 3.54. The highest BCUT2D eigenvalue weighted by molar-refractivity contribution is 6.31. The van der Waals surface area contributed by atoms with Crippen molar-refractivity contribution >= 4 is 17.6 Å². The van der Waals surface area contributed by atoms with Crippen LogP contribution < -0.4 is 4.74 Å². The Balaban J connectivity index is 1.73. The lowest BCUT2D eigenvalue weighted by Gasteiger charge is -2.27. The molecule has 0 aliphatic heterocycles. The summed E-state index contributed by atoms with van der Waals surface area (Å²) in [5.74, 6) is -2.84. The van der Waals surface area contributed by atoms with E-state index in [0.717, 1.165) is 11.8 Å². The molecule has 9 heteroatoms. The minimum absolute atomic E-state index is 0.159. The van der Waals surface area contributed by atoms with Crippen LogP contribution in [0.2, 0.25) is 5.02 Å². The molecule has 0 fully saturated rings. The number of rotatable bonds is 8. The van der Waals surface area contributed by atoms with Gasteiger partial charge in [-0.05, 0) is 55.2 Å². The topological polar surface area (TPSA) is 61.3 Å². The molecule has 0 saturated heterocycles. The normalized spacial score (nSPS) is 13.3. The van der Waals surface area contributed by atoms with E-state index in [0.29, 0.717) is 29.2 Å². The maximum atomic E-state index is 13.9. The Hall–Kier alpha value is -3.13. The zero-order valence-corrected chi connectivity index (χ0v) is 19.7. The zero-order chi connectivity index (χ0) is 24.9. The molecule has 2 aromatic carbocycles. The van der Waals surface area contributed by atoms with Crippen molar-refractivity contribution in [3.05, 3.63) is 88.0 Å². The summed E-state index contributed by atoms with van der Waals surface area (Å²) in [6.45, 7) is 5.34. The van der Waals surface area contributed by atoms with Gasteiger partial charge in [0.2, 0.25) is 0 Å². The maximum absolute atomic E-state index is 13.9. The van der Waals surface area contributed by atoms with Crippen molar-refractivity contribution in [3.8, 4) is 5.75 Å². The monoisotopic (exact) mass is 492 g/mol. The quantitative estimate of drug-likeness (QED) is 0.330. The van der Waals surface area contributed by atoms with Crippen LogP contribution in [0.5, 0.6) is 5.75 Å². The first-order valence-electron chi connectivity index (χ1n) is 10.6. The first-order chi connectivity index (χ1) is 16.1. The predicted octanol–water partition coefficient (Wildman–Crippen LogP) is 6.64. The van der Waals surface area contributed by atoms with Crippen molar-refractivity contribution in [2.24, 2.45) is 0 Å². The molecule has 0 radical (unpaired) electrons. The van der Waals surface area contributed by atoms with E-state index >= 15 is 0 Å². The summed E-state index contributed by atoms with van der Waals surface area (Å²) in [5.41, 5.74) is 1.94. The number of carbonyl (C=O) groups excluding carboxylic acids is 1. The van der Waals surface area contributed by atoms with E-state index < -0.39 is 24.0 Å². The van der Waals surface area contributed by atoms with Crippen LogP contribution in [0, 0.1) is 6.92 Å². The SMILES string of the molecule is CCOC(=O)c1ccc(COc2ccc(C(C)C(c3cnc(C)cn3)C(F)(F)F)c(Cl)c2)cc1. The summed E-state index contributed by atoms with van der Waals surface area (Å²) in [4.78, 5) is 19.6. The lowest BCUT2D eigenvalue weighted by atomic mass is 9.84. The fourth-order valence-corrected chi connectivity index (χ4v) is 3.88. The Morgan fingerprint density at radius 2 is 1.79 bits per heavy atom. The minimum atomic E-state index is -4.53. The molecule has 3 aromatic rings. The Morgan fingerprint density at radius 1 is 1.09 bits per heavy atom. The molecule has 5 nitrogen and oxygen atoms in total. The van der Waals surface area contributed by atoms with E-state index in [4.69, 9.17) is 21.1 Å². The van der Waals surface area contributed by atoms with Crippen molar-refractivity contribution in [3.63, 3.8) is 0 Å². The minimum Gasteiger partial charge on any atom is -0.489 e. The van der Waals surface area contributed by atoms with E-state index in [1.54, 1.807) is 44.2 Å². The molecule has 0 bridgehead atoms. The van der Waals surface area contributed by atoms with Crippen molar-refractivity contribution in [2.45, 2.75) is 45.4 Å². The number of benzene rings is 2. The molecule has 180 valence electrons. The lowest BCUT2D eigenvalue weighted by Crippen LogP contribution is -2.27. The second-order valence-electron chi connectivity index (χ2n) is 7.78. The molecule has 2 atom stereocenters. The predicted molar refractivity (Wildman–Crippen MR) is 122 cm³/mol. The van der Waals surface area contributed by atoms with E-state index in [9.17, 15) is 18.0 Å². The number of aryl methyl sites for hydroxylation is 1. The molecule has 3 rings (SSSR count). The third kappa shape index (κ3) is 6.26. The molecule has 0 amide bonds. The van der Waals surface area contributed by atoms with Gasteiger partial charge in [-0.2, -0.15) is 13.2 Å². The smallest absolute Gasteiger partial charge is 0.397 e. The first kappa shape index (κ1) is 25.5. The van der Waals surface area contributed by atoms with Crippen molar-refractivity contribution in [1.82, 2.24) is 9.97 Å². The zero-order valence-electron chi connectivity index (χ0n) is 18.9. The molecule has 0 saturated carbocycles. The third-order valence-electron chi connectivity index (χ3n) is 5.31. The summed E-state index contributed by atoms with van der Waals surface area (Å²) in [7, 11) is 0. The second-order valence-corrected chi connectivity index (χ2v) is 8.19. The van der Waals surface area contributed by atoms with Gasteiger partial charge >= 0.3 is 12.1 Å². The standard InChI is InChI=1S/C25H24ClF3N2O3/c1-4-33-24(32)18-7-5-17(6-8-18)14-34-19-9-10-20(21(26)11-19)16(3)23(25(27,28)29)22-13-30-15(2)12-31-22/h5-13,16,23H,4,14H2,1-3H3. The number of alkyl halides is 3. The Labute approximate surface area is 200 Å². The van der Waals surface area contributed by atoms with E-state index in [2.05, 4.69) is 9.97 Å². The van der Waals surface area contributed by atoms with Gasteiger partial charge < -0.3 is 9.47 Å².